The van der Waals surface area contributed by atoms with Crippen molar-refractivity contribution < 1.29 is 9.53 Å². The van der Waals surface area contributed by atoms with Gasteiger partial charge in [0.25, 0.3) is 5.91 Å². The van der Waals surface area contributed by atoms with Gasteiger partial charge >= 0.3 is 0 Å². The largest absolute Gasteiger partial charge is 0.376 e. The third-order valence-electron chi connectivity index (χ3n) is 3.54. The van der Waals surface area contributed by atoms with E-state index >= 15 is 0 Å². The van der Waals surface area contributed by atoms with Gasteiger partial charge in [-0.05, 0) is 38.3 Å². The molecule has 110 valence electrons. The van der Waals surface area contributed by atoms with E-state index in [9.17, 15) is 4.79 Å². The van der Waals surface area contributed by atoms with Gasteiger partial charge in [-0.1, -0.05) is 6.92 Å². The number of pyridine rings is 1. The molecule has 2 rings (SSSR count). The highest BCUT2D eigenvalue weighted by atomic mass is 16.5. The van der Waals surface area contributed by atoms with Gasteiger partial charge in [-0.25, -0.2) is 4.98 Å². The number of amides is 1. The Morgan fingerprint density at radius 3 is 3.15 bits per heavy atom. The molecule has 2 unspecified atom stereocenters. The molecule has 1 fully saturated rings. The number of ether oxygens (including phenoxy) is 1. The summed E-state index contributed by atoms with van der Waals surface area (Å²) in [6, 6.07) is 3.86. The fraction of sp³-hybridized carbons (Fsp3) is 0.600. The Morgan fingerprint density at radius 2 is 2.45 bits per heavy atom. The summed E-state index contributed by atoms with van der Waals surface area (Å²) in [7, 11) is 0. The lowest BCUT2D eigenvalue weighted by molar-refractivity contribution is 0.0857. The molecule has 1 aliphatic heterocycles. The van der Waals surface area contributed by atoms with Crippen LogP contribution in [0.2, 0.25) is 0 Å². The number of hydrogen-bond acceptors (Lipinski definition) is 4. The van der Waals surface area contributed by atoms with Crippen LogP contribution in [-0.4, -0.2) is 36.2 Å². The summed E-state index contributed by atoms with van der Waals surface area (Å²) in [5.74, 6) is 0.666. The third kappa shape index (κ3) is 4.20. The number of nitrogens with zero attached hydrogens (tertiary/aromatic N) is 1. The number of hydrogen-bond donors (Lipinski definition) is 2. The molecule has 2 N–H and O–H groups in total. The Hall–Kier alpha value is -1.62. The minimum atomic E-state index is -0.0740. The zero-order valence-corrected chi connectivity index (χ0v) is 12.2. The molecule has 0 aromatic carbocycles. The van der Waals surface area contributed by atoms with Crippen molar-refractivity contribution in [2.24, 2.45) is 0 Å². The van der Waals surface area contributed by atoms with Gasteiger partial charge < -0.3 is 15.4 Å². The Morgan fingerprint density at radius 1 is 1.60 bits per heavy atom. The molecule has 0 aliphatic carbocycles. The predicted molar refractivity (Wildman–Crippen MR) is 78.9 cm³/mol. The molecule has 0 saturated carbocycles. The smallest absolute Gasteiger partial charge is 0.251 e. The van der Waals surface area contributed by atoms with Crippen LogP contribution in [0.25, 0.3) is 0 Å². The first-order valence-electron chi connectivity index (χ1n) is 7.31. The molecule has 1 aliphatic rings. The minimum absolute atomic E-state index is 0.0740. The van der Waals surface area contributed by atoms with Crippen LogP contribution < -0.4 is 10.6 Å². The van der Waals surface area contributed by atoms with Crippen molar-refractivity contribution in [2.45, 2.75) is 45.3 Å². The number of anilines is 1. The Balaban J connectivity index is 1.90. The first kappa shape index (κ1) is 14.8. The fourth-order valence-corrected chi connectivity index (χ4v) is 2.12. The lowest BCUT2D eigenvalue weighted by atomic mass is 10.2. The quantitative estimate of drug-likeness (QED) is 0.836. The second-order valence-corrected chi connectivity index (χ2v) is 5.23. The van der Waals surface area contributed by atoms with E-state index in [1.54, 1.807) is 18.3 Å². The van der Waals surface area contributed by atoms with Gasteiger partial charge in [0.15, 0.2) is 0 Å². The molecule has 0 spiro atoms. The summed E-state index contributed by atoms with van der Waals surface area (Å²) in [4.78, 5) is 16.3. The topological polar surface area (TPSA) is 63.2 Å². The number of carbonyl (C=O) groups excluding carboxylic acids is 1. The van der Waals surface area contributed by atoms with Crippen molar-refractivity contribution in [3.8, 4) is 0 Å². The first-order chi connectivity index (χ1) is 9.69. The van der Waals surface area contributed by atoms with Crippen LogP contribution in [-0.2, 0) is 4.74 Å². The lowest BCUT2D eigenvalue weighted by Gasteiger charge is -2.13. The highest BCUT2D eigenvalue weighted by Gasteiger charge is 2.16. The van der Waals surface area contributed by atoms with Crippen molar-refractivity contribution in [1.29, 1.82) is 0 Å². The van der Waals surface area contributed by atoms with Gasteiger partial charge in [-0.15, -0.1) is 0 Å². The monoisotopic (exact) mass is 277 g/mol. The van der Waals surface area contributed by atoms with Crippen molar-refractivity contribution in [3.63, 3.8) is 0 Å². The predicted octanol–water partition coefficient (Wildman–Crippen LogP) is 2.20. The molecule has 2 heterocycles. The molecule has 1 aromatic rings. The maximum atomic E-state index is 12.1. The molecule has 0 radical (unpaired) electrons. The summed E-state index contributed by atoms with van der Waals surface area (Å²) < 4.78 is 5.49. The van der Waals surface area contributed by atoms with Crippen LogP contribution in [0.1, 0.15) is 43.5 Å². The van der Waals surface area contributed by atoms with E-state index in [2.05, 4.69) is 29.5 Å². The average Bonchev–Trinajstić information content (AvgIpc) is 2.98. The zero-order valence-electron chi connectivity index (χ0n) is 12.2. The molecule has 20 heavy (non-hydrogen) atoms. The highest BCUT2D eigenvalue weighted by molar-refractivity contribution is 5.94. The average molecular weight is 277 g/mol. The van der Waals surface area contributed by atoms with Crippen LogP contribution in [0.15, 0.2) is 18.3 Å². The van der Waals surface area contributed by atoms with Crippen molar-refractivity contribution >= 4 is 11.7 Å². The highest BCUT2D eigenvalue weighted by Crippen LogP contribution is 2.12. The number of carbonyl (C=O) groups is 1. The molecule has 5 heteroatoms. The van der Waals surface area contributed by atoms with E-state index in [0.717, 1.165) is 31.7 Å². The maximum Gasteiger partial charge on any atom is 0.251 e. The van der Waals surface area contributed by atoms with Gasteiger partial charge in [-0.3, -0.25) is 4.79 Å². The van der Waals surface area contributed by atoms with Crippen molar-refractivity contribution in [3.05, 3.63) is 23.9 Å². The van der Waals surface area contributed by atoms with E-state index in [1.165, 1.54) is 0 Å². The molecular formula is C15H23N3O2. The summed E-state index contributed by atoms with van der Waals surface area (Å²) in [5.41, 5.74) is 0.629. The van der Waals surface area contributed by atoms with Crippen LogP contribution in [0.4, 0.5) is 5.82 Å². The summed E-state index contributed by atoms with van der Waals surface area (Å²) in [5, 5.41) is 6.18. The second kappa shape index (κ2) is 7.24. The third-order valence-corrected chi connectivity index (χ3v) is 3.54. The van der Waals surface area contributed by atoms with Gasteiger partial charge in [0, 0.05) is 31.0 Å². The number of rotatable bonds is 6. The molecule has 2 atom stereocenters. The van der Waals surface area contributed by atoms with Crippen molar-refractivity contribution in [1.82, 2.24) is 10.3 Å². The molecule has 0 bridgehead atoms. The van der Waals surface area contributed by atoms with Crippen LogP contribution in [0.5, 0.6) is 0 Å². The van der Waals surface area contributed by atoms with Gasteiger partial charge in [0.2, 0.25) is 0 Å². The summed E-state index contributed by atoms with van der Waals surface area (Å²) in [6.07, 6.45) is 4.94. The number of nitrogens with one attached hydrogen (secondary N) is 2. The van der Waals surface area contributed by atoms with E-state index in [4.69, 9.17) is 4.74 Å². The van der Waals surface area contributed by atoms with E-state index in [1.807, 2.05) is 0 Å². The van der Waals surface area contributed by atoms with E-state index in [-0.39, 0.29) is 12.0 Å². The van der Waals surface area contributed by atoms with Gasteiger partial charge in [0.1, 0.15) is 5.82 Å². The van der Waals surface area contributed by atoms with Crippen molar-refractivity contribution in [2.75, 3.05) is 18.5 Å². The summed E-state index contributed by atoms with van der Waals surface area (Å²) >= 11 is 0. The first-order valence-corrected chi connectivity index (χ1v) is 7.31. The van der Waals surface area contributed by atoms with Gasteiger partial charge in [0.05, 0.1) is 6.10 Å². The normalized spacial score (nSPS) is 19.6. The van der Waals surface area contributed by atoms with E-state index in [0.29, 0.717) is 18.2 Å². The molecule has 1 saturated heterocycles. The SMILES string of the molecule is CCC(C)Nc1cc(C(=O)NCC2CCCO2)ccn1. The Kier molecular flexibility index (Phi) is 5.35. The standard InChI is InChI=1S/C15H23N3O2/c1-3-11(2)18-14-9-12(6-7-16-14)15(19)17-10-13-5-4-8-20-13/h6-7,9,11,13H,3-5,8,10H2,1-2H3,(H,16,18)(H,17,19). The van der Waals surface area contributed by atoms with Crippen LogP contribution in [0.3, 0.4) is 0 Å². The minimum Gasteiger partial charge on any atom is -0.376 e. The molecule has 1 aromatic heterocycles. The van der Waals surface area contributed by atoms with Crippen LogP contribution >= 0.6 is 0 Å². The molecule has 1 amide bonds. The molecular weight excluding hydrogens is 254 g/mol. The Labute approximate surface area is 120 Å². The van der Waals surface area contributed by atoms with Gasteiger partial charge in [-0.2, -0.15) is 0 Å². The zero-order chi connectivity index (χ0) is 14.4. The lowest BCUT2D eigenvalue weighted by Crippen LogP contribution is -2.31. The fourth-order valence-electron chi connectivity index (χ4n) is 2.12. The van der Waals surface area contributed by atoms with Crippen LogP contribution in [0, 0.1) is 0 Å². The second-order valence-electron chi connectivity index (χ2n) is 5.23. The summed E-state index contributed by atoms with van der Waals surface area (Å²) in [6.45, 7) is 5.58. The maximum absolute atomic E-state index is 12.1. The Bertz CT molecular complexity index is 444. The number of aromatic nitrogens is 1. The van der Waals surface area contributed by atoms with E-state index < -0.39 is 0 Å². The molecule has 5 nitrogen and oxygen atoms in total.